The SMILES string of the molecule is CC(=O)N1CCc2c(NC(=O)C3(C)CCNC(=O)C3)cccc21. The summed E-state index contributed by atoms with van der Waals surface area (Å²) < 4.78 is 0. The average Bonchev–Trinajstić information content (AvgIpc) is 2.92. The molecule has 0 spiro atoms. The van der Waals surface area contributed by atoms with Crippen molar-refractivity contribution in [2.75, 3.05) is 23.3 Å². The predicted molar refractivity (Wildman–Crippen MR) is 87.2 cm³/mol. The minimum atomic E-state index is -0.691. The van der Waals surface area contributed by atoms with Crippen molar-refractivity contribution in [3.05, 3.63) is 23.8 Å². The first-order valence-electron chi connectivity index (χ1n) is 7.89. The molecule has 6 heteroatoms. The van der Waals surface area contributed by atoms with Crippen LogP contribution in [-0.4, -0.2) is 30.8 Å². The third-order valence-corrected chi connectivity index (χ3v) is 4.75. The number of nitrogens with zero attached hydrogens (tertiary/aromatic N) is 1. The standard InChI is InChI=1S/C17H21N3O3/c1-11(21)20-9-6-12-13(4-3-5-14(12)20)19-16(23)17(2)7-8-18-15(22)10-17/h3-5H,6-10H2,1-2H3,(H,18,22)(H,19,23). The van der Waals surface area contributed by atoms with E-state index in [0.717, 1.165) is 23.4 Å². The lowest BCUT2D eigenvalue weighted by Crippen LogP contribution is -2.45. The summed E-state index contributed by atoms with van der Waals surface area (Å²) in [5.74, 6) is -0.222. The third kappa shape index (κ3) is 2.81. The van der Waals surface area contributed by atoms with E-state index < -0.39 is 5.41 Å². The maximum atomic E-state index is 12.7. The van der Waals surface area contributed by atoms with Crippen LogP contribution in [-0.2, 0) is 20.8 Å². The molecule has 0 aromatic heterocycles. The van der Waals surface area contributed by atoms with Gasteiger partial charge in [-0.15, -0.1) is 0 Å². The molecule has 1 saturated heterocycles. The van der Waals surface area contributed by atoms with Gasteiger partial charge in [-0.05, 0) is 25.0 Å². The normalized spacial score (nSPS) is 23.2. The van der Waals surface area contributed by atoms with E-state index in [1.165, 1.54) is 0 Å². The van der Waals surface area contributed by atoms with E-state index in [1.807, 2.05) is 25.1 Å². The first-order valence-corrected chi connectivity index (χ1v) is 7.89. The molecule has 1 aromatic carbocycles. The highest BCUT2D eigenvalue weighted by molar-refractivity contribution is 6.01. The number of carbonyl (C=O) groups excluding carboxylic acids is 3. The lowest BCUT2D eigenvalue weighted by Gasteiger charge is -2.32. The van der Waals surface area contributed by atoms with Gasteiger partial charge in [0, 0.05) is 43.4 Å². The quantitative estimate of drug-likeness (QED) is 0.867. The molecule has 2 aliphatic heterocycles. The van der Waals surface area contributed by atoms with E-state index in [9.17, 15) is 14.4 Å². The minimum absolute atomic E-state index is 0.00291. The summed E-state index contributed by atoms with van der Waals surface area (Å²) in [5, 5.41) is 5.73. The van der Waals surface area contributed by atoms with E-state index in [1.54, 1.807) is 11.8 Å². The molecule has 6 nitrogen and oxygen atoms in total. The Labute approximate surface area is 135 Å². The van der Waals surface area contributed by atoms with Crippen LogP contribution >= 0.6 is 0 Å². The molecule has 122 valence electrons. The van der Waals surface area contributed by atoms with Gasteiger partial charge in [-0.3, -0.25) is 14.4 Å². The molecule has 0 saturated carbocycles. The number of fused-ring (bicyclic) bond motifs is 1. The zero-order valence-corrected chi connectivity index (χ0v) is 13.4. The molecule has 1 atom stereocenters. The second-order valence-electron chi connectivity index (χ2n) is 6.52. The molecule has 0 radical (unpaired) electrons. The minimum Gasteiger partial charge on any atom is -0.356 e. The van der Waals surface area contributed by atoms with Gasteiger partial charge in [0.1, 0.15) is 0 Å². The lowest BCUT2D eigenvalue weighted by atomic mass is 9.79. The summed E-state index contributed by atoms with van der Waals surface area (Å²) in [7, 11) is 0. The molecule has 1 fully saturated rings. The van der Waals surface area contributed by atoms with Crippen LogP contribution in [0.25, 0.3) is 0 Å². The zero-order chi connectivity index (χ0) is 16.6. The van der Waals surface area contributed by atoms with Crippen LogP contribution in [0.3, 0.4) is 0 Å². The van der Waals surface area contributed by atoms with Crippen molar-refractivity contribution < 1.29 is 14.4 Å². The Kier molecular flexibility index (Phi) is 3.83. The summed E-state index contributed by atoms with van der Waals surface area (Å²) in [6, 6.07) is 5.59. The summed E-state index contributed by atoms with van der Waals surface area (Å²) in [5.41, 5.74) is 1.90. The van der Waals surface area contributed by atoms with Crippen LogP contribution in [0.15, 0.2) is 18.2 Å². The smallest absolute Gasteiger partial charge is 0.230 e. The fraction of sp³-hybridized carbons (Fsp3) is 0.471. The Balaban J connectivity index is 1.83. The molecule has 0 bridgehead atoms. The highest BCUT2D eigenvalue weighted by Crippen LogP contribution is 2.36. The van der Waals surface area contributed by atoms with Crippen molar-refractivity contribution in [2.24, 2.45) is 5.41 Å². The Bertz CT molecular complexity index is 686. The molecule has 1 aromatic rings. The van der Waals surface area contributed by atoms with Gasteiger partial charge in [0.05, 0.1) is 5.41 Å². The number of piperidine rings is 1. The lowest BCUT2D eigenvalue weighted by molar-refractivity contribution is -0.134. The van der Waals surface area contributed by atoms with Crippen LogP contribution in [0.2, 0.25) is 0 Å². The molecular weight excluding hydrogens is 294 g/mol. The Morgan fingerprint density at radius 2 is 2.13 bits per heavy atom. The molecule has 23 heavy (non-hydrogen) atoms. The van der Waals surface area contributed by atoms with E-state index in [4.69, 9.17) is 0 Å². The summed E-state index contributed by atoms with van der Waals surface area (Å²) >= 11 is 0. The molecule has 3 rings (SSSR count). The van der Waals surface area contributed by atoms with Crippen LogP contribution in [0.4, 0.5) is 11.4 Å². The van der Waals surface area contributed by atoms with Crippen molar-refractivity contribution in [2.45, 2.75) is 33.1 Å². The maximum absolute atomic E-state index is 12.7. The first kappa shape index (κ1) is 15.5. The number of carbonyl (C=O) groups is 3. The average molecular weight is 315 g/mol. The van der Waals surface area contributed by atoms with Gasteiger partial charge < -0.3 is 15.5 Å². The summed E-state index contributed by atoms with van der Waals surface area (Å²) in [6.07, 6.45) is 1.55. The Hall–Kier alpha value is -2.37. The fourth-order valence-corrected chi connectivity index (χ4v) is 3.33. The van der Waals surface area contributed by atoms with Crippen molar-refractivity contribution in [3.8, 4) is 0 Å². The molecule has 2 heterocycles. The van der Waals surface area contributed by atoms with E-state index >= 15 is 0 Å². The third-order valence-electron chi connectivity index (χ3n) is 4.75. The van der Waals surface area contributed by atoms with Crippen molar-refractivity contribution in [1.29, 1.82) is 0 Å². The molecule has 1 unspecified atom stereocenters. The van der Waals surface area contributed by atoms with Gasteiger partial charge in [0.2, 0.25) is 17.7 Å². The van der Waals surface area contributed by atoms with Crippen molar-refractivity contribution in [3.63, 3.8) is 0 Å². The molecule has 2 N–H and O–H groups in total. The van der Waals surface area contributed by atoms with Gasteiger partial charge in [0.25, 0.3) is 0 Å². The molecule has 0 aliphatic carbocycles. The number of hydrogen-bond acceptors (Lipinski definition) is 3. The number of benzene rings is 1. The second-order valence-corrected chi connectivity index (χ2v) is 6.52. The Morgan fingerprint density at radius 3 is 2.83 bits per heavy atom. The summed E-state index contributed by atoms with van der Waals surface area (Å²) in [6.45, 7) is 4.53. The van der Waals surface area contributed by atoms with Crippen molar-refractivity contribution >= 4 is 29.1 Å². The van der Waals surface area contributed by atoms with E-state index in [2.05, 4.69) is 10.6 Å². The van der Waals surface area contributed by atoms with Crippen LogP contribution in [0.5, 0.6) is 0 Å². The van der Waals surface area contributed by atoms with Crippen LogP contribution in [0, 0.1) is 5.41 Å². The number of hydrogen-bond donors (Lipinski definition) is 2. The first-order chi connectivity index (χ1) is 10.9. The number of amides is 3. The second kappa shape index (κ2) is 5.68. The molecular formula is C17H21N3O3. The fourth-order valence-electron chi connectivity index (χ4n) is 3.33. The Morgan fingerprint density at radius 1 is 1.35 bits per heavy atom. The number of anilines is 2. The molecule has 2 aliphatic rings. The monoisotopic (exact) mass is 315 g/mol. The number of nitrogens with one attached hydrogen (secondary N) is 2. The van der Waals surface area contributed by atoms with Gasteiger partial charge in [0.15, 0.2) is 0 Å². The van der Waals surface area contributed by atoms with Crippen LogP contribution < -0.4 is 15.5 Å². The summed E-state index contributed by atoms with van der Waals surface area (Å²) in [4.78, 5) is 37.7. The highest BCUT2D eigenvalue weighted by atomic mass is 16.2. The van der Waals surface area contributed by atoms with Crippen molar-refractivity contribution in [1.82, 2.24) is 5.32 Å². The van der Waals surface area contributed by atoms with E-state index in [-0.39, 0.29) is 24.1 Å². The number of rotatable bonds is 2. The van der Waals surface area contributed by atoms with Gasteiger partial charge in [-0.25, -0.2) is 0 Å². The van der Waals surface area contributed by atoms with Crippen LogP contribution in [0.1, 0.15) is 32.3 Å². The predicted octanol–water partition coefficient (Wildman–Crippen LogP) is 1.45. The molecule has 3 amide bonds. The zero-order valence-electron chi connectivity index (χ0n) is 13.4. The topological polar surface area (TPSA) is 78.5 Å². The highest BCUT2D eigenvalue weighted by Gasteiger charge is 2.38. The van der Waals surface area contributed by atoms with Gasteiger partial charge >= 0.3 is 0 Å². The van der Waals surface area contributed by atoms with Gasteiger partial charge in [-0.1, -0.05) is 13.0 Å². The van der Waals surface area contributed by atoms with Gasteiger partial charge in [-0.2, -0.15) is 0 Å². The van der Waals surface area contributed by atoms with E-state index in [0.29, 0.717) is 19.5 Å². The maximum Gasteiger partial charge on any atom is 0.230 e. The largest absolute Gasteiger partial charge is 0.356 e.